The zero-order valence-electron chi connectivity index (χ0n) is 23.5. The van der Waals surface area contributed by atoms with Gasteiger partial charge in [-0.3, -0.25) is 4.99 Å². The predicted molar refractivity (Wildman–Crippen MR) is 182 cm³/mol. The van der Waals surface area contributed by atoms with E-state index in [2.05, 4.69) is 115 Å². The molecule has 0 aliphatic rings. The lowest BCUT2D eigenvalue weighted by Gasteiger charge is -2.11. The summed E-state index contributed by atoms with van der Waals surface area (Å²) in [6.07, 6.45) is 2.69. The van der Waals surface area contributed by atoms with Crippen LogP contribution in [-0.2, 0) is 6.42 Å². The highest BCUT2D eigenvalue weighted by Gasteiger charge is 2.13. The second kappa shape index (κ2) is 10.3. The maximum Gasteiger partial charge on any atom is 0.143 e. The molecule has 0 spiro atoms. The van der Waals surface area contributed by atoms with Gasteiger partial charge in [-0.2, -0.15) is 0 Å². The van der Waals surface area contributed by atoms with Crippen molar-refractivity contribution in [2.75, 3.05) is 5.73 Å². The third-order valence-electron chi connectivity index (χ3n) is 8.36. The molecule has 0 radical (unpaired) electrons. The van der Waals surface area contributed by atoms with Crippen molar-refractivity contribution in [3.8, 4) is 22.3 Å². The Morgan fingerprint density at radius 3 is 1.98 bits per heavy atom. The number of nitrogens with two attached hydrogens (primary N) is 1. The van der Waals surface area contributed by atoms with E-state index < -0.39 is 0 Å². The Bertz CT molecular complexity index is 2330. The van der Waals surface area contributed by atoms with Gasteiger partial charge in [-0.15, -0.1) is 0 Å². The molecule has 7 aromatic carbocycles. The number of nitrogens with zero attached hydrogens (tertiary/aromatic N) is 1. The Hall–Kier alpha value is -5.67. The van der Waals surface area contributed by atoms with Gasteiger partial charge in [0.15, 0.2) is 0 Å². The molecule has 3 heteroatoms. The van der Waals surface area contributed by atoms with Crippen LogP contribution in [-0.4, -0.2) is 6.21 Å². The predicted octanol–water partition coefficient (Wildman–Crippen LogP) is 10.8. The first-order valence-corrected chi connectivity index (χ1v) is 14.6. The maximum absolute atomic E-state index is 6.63. The highest BCUT2D eigenvalue weighted by molar-refractivity contribution is 6.19. The Labute approximate surface area is 249 Å². The molecule has 3 nitrogen and oxygen atoms in total. The molecule has 0 unspecified atom stereocenters. The van der Waals surface area contributed by atoms with Crippen molar-refractivity contribution in [3.05, 3.63) is 145 Å². The molecule has 1 aromatic heterocycles. The van der Waals surface area contributed by atoms with E-state index in [1.807, 2.05) is 30.5 Å². The number of furan rings is 1. The first-order valence-electron chi connectivity index (χ1n) is 14.6. The number of anilines is 1. The highest BCUT2D eigenvalue weighted by atomic mass is 16.3. The number of para-hydroxylation sites is 2. The summed E-state index contributed by atoms with van der Waals surface area (Å²) < 4.78 is 6.30. The zero-order valence-corrected chi connectivity index (χ0v) is 23.5. The van der Waals surface area contributed by atoms with Crippen LogP contribution in [0.1, 0.15) is 5.56 Å². The minimum atomic E-state index is 0.717. The van der Waals surface area contributed by atoms with E-state index in [0.29, 0.717) is 0 Å². The van der Waals surface area contributed by atoms with Crippen LogP contribution in [0.4, 0.5) is 11.4 Å². The van der Waals surface area contributed by atoms with Crippen molar-refractivity contribution in [2.45, 2.75) is 6.42 Å². The van der Waals surface area contributed by atoms with Crippen molar-refractivity contribution in [1.82, 2.24) is 0 Å². The lowest BCUT2D eigenvalue weighted by atomic mass is 9.97. The molecule has 0 fully saturated rings. The molecule has 8 aromatic rings. The molecule has 1 heterocycles. The number of hydrogen-bond donors (Lipinski definition) is 1. The fraction of sp³-hybridized carbons (Fsp3) is 0.0250. The standard InChI is InChI=1S/C40H28N2O/c41-38-34-14-3-1-11-31(34)32-12-2-4-15-35(32)39(38)42-24-23-26-19-21-27(22-20-26)28-9-7-10-29(25-28)30-16-8-17-36-33-13-5-6-18-37(33)43-40(30)36/h1-22,24-25H,23,41H2. The summed E-state index contributed by atoms with van der Waals surface area (Å²) in [5, 5.41) is 6.72. The number of rotatable bonds is 5. The number of aliphatic imine (C=N–C) groups is 1. The fourth-order valence-electron chi connectivity index (χ4n) is 6.21. The van der Waals surface area contributed by atoms with Crippen molar-refractivity contribution in [3.63, 3.8) is 0 Å². The van der Waals surface area contributed by atoms with Crippen LogP contribution in [0.2, 0.25) is 0 Å². The van der Waals surface area contributed by atoms with Crippen LogP contribution in [0, 0.1) is 0 Å². The van der Waals surface area contributed by atoms with Crippen LogP contribution in [0.5, 0.6) is 0 Å². The topological polar surface area (TPSA) is 51.5 Å². The number of hydrogen-bond acceptors (Lipinski definition) is 3. The summed E-state index contributed by atoms with van der Waals surface area (Å²) in [4.78, 5) is 4.89. The molecule has 0 atom stereocenters. The average Bonchev–Trinajstić information content (AvgIpc) is 3.46. The van der Waals surface area contributed by atoms with Crippen molar-refractivity contribution in [1.29, 1.82) is 0 Å². The van der Waals surface area contributed by atoms with Gasteiger partial charge >= 0.3 is 0 Å². The maximum atomic E-state index is 6.63. The molecular formula is C40H28N2O. The second-order valence-electron chi connectivity index (χ2n) is 10.9. The van der Waals surface area contributed by atoms with Gasteiger partial charge in [0.1, 0.15) is 11.2 Å². The number of nitrogen functional groups attached to an aromatic ring is 1. The van der Waals surface area contributed by atoms with Gasteiger partial charge in [0.05, 0.1) is 11.4 Å². The van der Waals surface area contributed by atoms with Crippen molar-refractivity contribution in [2.24, 2.45) is 4.99 Å². The van der Waals surface area contributed by atoms with Gasteiger partial charge in [-0.1, -0.05) is 127 Å². The smallest absolute Gasteiger partial charge is 0.143 e. The number of fused-ring (bicyclic) bond motifs is 6. The molecule has 2 N–H and O–H groups in total. The normalized spacial score (nSPS) is 11.8. The monoisotopic (exact) mass is 552 g/mol. The third kappa shape index (κ3) is 4.34. The van der Waals surface area contributed by atoms with Crippen LogP contribution in [0.25, 0.3) is 65.7 Å². The molecule has 0 aliphatic carbocycles. The summed E-state index contributed by atoms with van der Waals surface area (Å²) in [5.41, 5.74) is 15.8. The molecule has 0 amide bonds. The minimum absolute atomic E-state index is 0.717. The van der Waals surface area contributed by atoms with E-state index >= 15 is 0 Å². The summed E-state index contributed by atoms with van der Waals surface area (Å²) >= 11 is 0. The molecular weight excluding hydrogens is 524 g/mol. The molecule has 204 valence electrons. The van der Waals surface area contributed by atoms with Crippen LogP contribution >= 0.6 is 0 Å². The van der Waals surface area contributed by atoms with Crippen LogP contribution < -0.4 is 5.73 Å². The quantitative estimate of drug-likeness (QED) is 0.131. The highest BCUT2D eigenvalue weighted by Crippen LogP contribution is 2.40. The van der Waals surface area contributed by atoms with Gasteiger partial charge in [-0.05, 0) is 45.2 Å². The van der Waals surface area contributed by atoms with E-state index in [1.54, 1.807) is 0 Å². The van der Waals surface area contributed by atoms with Crippen LogP contribution in [0.15, 0.2) is 149 Å². The zero-order chi connectivity index (χ0) is 28.8. The van der Waals surface area contributed by atoms with Crippen molar-refractivity contribution >= 4 is 61.1 Å². The summed E-state index contributed by atoms with van der Waals surface area (Å²) in [5.74, 6) is 0. The Morgan fingerprint density at radius 2 is 1.16 bits per heavy atom. The summed E-state index contributed by atoms with van der Waals surface area (Å²) in [6.45, 7) is 0. The largest absolute Gasteiger partial charge is 0.455 e. The van der Waals surface area contributed by atoms with E-state index in [4.69, 9.17) is 15.1 Å². The van der Waals surface area contributed by atoms with E-state index in [9.17, 15) is 0 Å². The van der Waals surface area contributed by atoms with Crippen molar-refractivity contribution < 1.29 is 4.42 Å². The van der Waals surface area contributed by atoms with Gasteiger partial charge in [-0.25, -0.2) is 0 Å². The molecule has 43 heavy (non-hydrogen) atoms. The van der Waals surface area contributed by atoms with Gasteiger partial charge in [0.2, 0.25) is 0 Å². The fourth-order valence-corrected chi connectivity index (χ4v) is 6.21. The van der Waals surface area contributed by atoms with E-state index in [0.717, 1.165) is 67.0 Å². The lowest BCUT2D eigenvalue weighted by molar-refractivity contribution is 0.670. The molecule has 0 bridgehead atoms. The first kappa shape index (κ1) is 25.1. The minimum Gasteiger partial charge on any atom is -0.455 e. The second-order valence-corrected chi connectivity index (χ2v) is 10.9. The lowest BCUT2D eigenvalue weighted by Crippen LogP contribution is -1.92. The Morgan fingerprint density at radius 1 is 0.535 bits per heavy atom. The van der Waals surface area contributed by atoms with Gasteiger partial charge in [0.25, 0.3) is 0 Å². The molecule has 8 rings (SSSR count). The molecule has 0 aliphatic heterocycles. The Kier molecular flexibility index (Phi) is 6.01. The van der Waals surface area contributed by atoms with Crippen LogP contribution in [0.3, 0.4) is 0 Å². The van der Waals surface area contributed by atoms with E-state index in [-0.39, 0.29) is 0 Å². The summed E-state index contributed by atoms with van der Waals surface area (Å²) in [6, 6.07) is 48.6. The first-order chi connectivity index (χ1) is 21.2. The number of benzene rings is 7. The molecule has 0 saturated heterocycles. The summed E-state index contributed by atoms with van der Waals surface area (Å²) in [7, 11) is 0. The van der Waals surface area contributed by atoms with E-state index in [1.165, 1.54) is 22.1 Å². The third-order valence-corrected chi connectivity index (χ3v) is 8.36. The van der Waals surface area contributed by atoms with Gasteiger partial charge < -0.3 is 10.2 Å². The SMILES string of the molecule is Nc1c(N=CCc2ccc(-c3cccc(-c4cccc5c4oc4ccccc45)c3)cc2)c2ccccc2c2ccccc12. The molecule has 0 saturated carbocycles. The average molecular weight is 553 g/mol. The Balaban J connectivity index is 1.07. The van der Waals surface area contributed by atoms with Gasteiger partial charge in [0, 0.05) is 39.7 Å².